The van der Waals surface area contributed by atoms with E-state index >= 15 is 0 Å². The first-order valence-electron chi connectivity index (χ1n) is 6.15. The number of nitrogens with one attached hydrogen (secondary N) is 2. The molecule has 0 saturated carbocycles. The van der Waals surface area contributed by atoms with Crippen LogP contribution in [0, 0.1) is 5.82 Å². The van der Waals surface area contributed by atoms with E-state index in [-0.39, 0.29) is 24.8 Å². The van der Waals surface area contributed by atoms with Gasteiger partial charge in [0.05, 0.1) is 6.54 Å². The molecule has 0 bridgehead atoms. The van der Waals surface area contributed by atoms with Gasteiger partial charge < -0.3 is 10.6 Å². The van der Waals surface area contributed by atoms with Gasteiger partial charge in [0.1, 0.15) is 5.82 Å². The molecule has 2 aromatic rings. The van der Waals surface area contributed by atoms with Crippen LogP contribution in [0.1, 0.15) is 5.56 Å². The topological polar surface area (TPSA) is 41.1 Å². The van der Waals surface area contributed by atoms with Crippen molar-refractivity contribution in [2.45, 2.75) is 6.54 Å². The molecule has 0 radical (unpaired) electrons. The van der Waals surface area contributed by atoms with Gasteiger partial charge in [0.15, 0.2) is 0 Å². The molecule has 0 unspecified atom stereocenters. The zero-order valence-electron chi connectivity index (χ0n) is 10.7. The molecular formula is C15H14ClFN2O. The zero-order valence-corrected chi connectivity index (χ0v) is 11.5. The predicted molar refractivity (Wildman–Crippen MR) is 78.2 cm³/mol. The first-order chi connectivity index (χ1) is 9.65. The van der Waals surface area contributed by atoms with E-state index in [1.54, 1.807) is 36.4 Å². The lowest BCUT2D eigenvalue weighted by atomic mass is 10.2. The smallest absolute Gasteiger partial charge is 0.239 e. The lowest BCUT2D eigenvalue weighted by molar-refractivity contribution is -0.119. The molecule has 0 aliphatic rings. The highest BCUT2D eigenvalue weighted by Gasteiger charge is 2.04. The van der Waals surface area contributed by atoms with E-state index in [2.05, 4.69) is 10.6 Å². The summed E-state index contributed by atoms with van der Waals surface area (Å²) in [5.74, 6) is -0.538. The Morgan fingerprint density at radius 2 is 1.95 bits per heavy atom. The molecule has 0 aliphatic carbocycles. The Morgan fingerprint density at radius 3 is 2.70 bits per heavy atom. The molecule has 0 aromatic heterocycles. The number of hydrogen-bond acceptors (Lipinski definition) is 2. The van der Waals surface area contributed by atoms with Gasteiger partial charge in [-0.3, -0.25) is 4.79 Å². The highest BCUT2D eigenvalue weighted by atomic mass is 35.5. The second-order valence-corrected chi connectivity index (χ2v) is 4.67. The van der Waals surface area contributed by atoms with Crippen LogP contribution in [0.3, 0.4) is 0 Å². The molecule has 5 heteroatoms. The van der Waals surface area contributed by atoms with E-state index < -0.39 is 0 Å². The number of benzene rings is 2. The van der Waals surface area contributed by atoms with Gasteiger partial charge in [-0.15, -0.1) is 0 Å². The number of halogens is 2. The molecule has 0 heterocycles. The summed E-state index contributed by atoms with van der Waals surface area (Å²) in [5.41, 5.74) is 1.22. The van der Waals surface area contributed by atoms with Crippen LogP contribution in [0.5, 0.6) is 0 Å². The number of anilines is 1. The van der Waals surface area contributed by atoms with Crippen LogP contribution < -0.4 is 10.6 Å². The molecule has 2 rings (SSSR count). The summed E-state index contributed by atoms with van der Waals surface area (Å²) >= 11 is 5.84. The van der Waals surface area contributed by atoms with Crippen LogP contribution >= 0.6 is 11.6 Å². The molecule has 1 amide bonds. The standard InChI is InChI=1S/C15H14ClFN2O/c16-12-5-3-6-13(8-12)18-10-15(20)19-9-11-4-1-2-7-14(11)17/h1-8,18H,9-10H2,(H,19,20). The number of hydrogen-bond donors (Lipinski definition) is 2. The van der Waals surface area contributed by atoms with Crippen LogP contribution in [0.4, 0.5) is 10.1 Å². The fourth-order valence-corrected chi connectivity index (χ4v) is 1.87. The van der Waals surface area contributed by atoms with E-state index in [9.17, 15) is 9.18 Å². The van der Waals surface area contributed by atoms with Crippen molar-refractivity contribution >= 4 is 23.2 Å². The monoisotopic (exact) mass is 292 g/mol. The molecule has 0 spiro atoms. The van der Waals surface area contributed by atoms with Gasteiger partial charge in [-0.1, -0.05) is 35.9 Å². The SMILES string of the molecule is O=C(CNc1cccc(Cl)c1)NCc1ccccc1F. The van der Waals surface area contributed by atoms with Crippen molar-refractivity contribution in [3.63, 3.8) is 0 Å². The quantitative estimate of drug-likeness (QED) is 0.888. The van der Waals surface area contributed by atoms with Gasteiger partial charge >= 0.3 is 0 Å². The van der Waals surface area contributed by atoms with E-state index in [1.807, 2.05) is 6.07 Å². The third kappa shape index (κ3) is 4.24. The molecule has 2 N–H and O–H groups in total. The van der Waals surface area contributed by atoms with Crippen LogP contribution in [0.15, 0.2) is 48.5 Å². The molecule has 0 fully saturated rings. The second kappa shape index (κ2) is 6.91. The minimum Gasteiger partial charge on any atom is -0.376 e. The summed E-state index contributed by atoms with van der Waals surface area (Å²) in [4.78, 5) is 11.7. The van der Waals surface area contributed by atoms with Crippen LogP contribution in [0.25, 0.3) is 0 Å². The fourth-order valence-electron chi connectivity index (χ4n) is 1.68. The Morgan fingerprint density at radius 1 is 1.15 bits per heavy atom. The van der Waals surface area contributed by atoms with E-state index in [0.717, 1.165) is 5.69 Å². The first kappa shape index (κ1) is 14.3. The maximum atomic E-state index is 13.4. The number of amides is 1. The van der Waals surface area contributed by atoms with Crippen molar-refractivity contribution in [2.24, 2.45) is 0 Å². The molecule has 3 nitrogen and oxygen atoms in total. The average molecular weight is 293 g/mol. The number of rotatable bonds is 5. The number of carbonyl (C=O) groups excluding carboxylic acids is 1. The molecule has 20 heavy (non-hydrogen) atoms. The summed E-state index contributed by atoms with van der Waals surface area (Å²) in [7, 11) is 0. The molecule has 0 atom stereocenters. The van der Waals surface area contributed by atoms with Gasteiger partial charge in [0.25, 0.3) is 0 Å². The Labute approximate surface area is 121 Å². The van der Waals surface area contributed by atoms with Crippen molar-refractivity contribution in [2.75, 3.05) is 11.9 Å². The van der Waals surface area contributed by atoms with E-state index in [1.165, 1.54) is 6.07 Å². The Balaban J connectivity index is 1.80. The van der Waals surface area contributed by atoms with Gasteiger partial charge in [0, 0.05) is 22.8 Å². The second-order valence-electron chi connectivity index (χ2n) is 4.23. The van der Waals surface area contributed by atoms with Crippen molar-refractivity contribution in [3.8, 4) is 0 Å². The summed E-state index contributed by atoms with van der Waals surface area (Å²) in [6.07, 6.45) is 0. The summed E-state index contributed by atoms with van der Waals surface area (Å²) in [6.45, 7) is 0.275. The third-order valence-electron chi connectivity index (χ3n) is 2.71. The van der Waals surface area contributed by atoms with E-state index in [0.29, 0.717) is 10.6 Å². The van der Waals surface area contributed by atoms with Gasteiger partial charge in [0.2, 0.25) is 5.91 Å². The predicted octanol–water partition coefficient (Wildman–Crippen LogP) is 3.21. The third-order valence-corrected chi connectivity index (χ3v) is 2.95. The zero-order chi connectivity index (χ0) is 14.4. The maximum absolute atomic E-state index is 13.4. The molecule has 0 saturated heterocycles. The van der Waals surface area contributed by atoms with Crippen LogP contribution in [0.2, 0.25) is 5.02 Å². The molecule has 104 valence electrons. The highest BCUT2D eigenvalue weighted by Crippen LogP contribution is 2.14. The largest absolute Gasteiger partial charge is 0.376 e. The Kier molecular flexibility index (Phi) is 4.96. The lowest BCUT2D eigenvalue weighted by Crippen LogP contribution is -2.29. The Bertz CT molecular complexity index is 604. The molecular weight excluding hydrogens is 279 g/mol. The van der Waals surface area contributed by atoms with Crippen molar-refractivity contribution in [3.05, 3.63) is 64.9 Å². The van der Waals surface area contributed by atoms with Gasteiger partial charge in [-0.05, 0) is 24.3 Å². The minimum absolute atomic E-state index is 0.106. The van der Waals surface area contributed by atoms with E-state index in [4.69, 9.17) is 11.6 Å². The minimum atomic E-state index is -0.324. The lowest BCUT2D eigenvalue weighted by Gasteiger charge is -2.08. The number of carbonyl (C=O) groups is 1. The average Bonchev–Trinajstić information content (AvgIpc) is 2.44. The molecule has 0 aliphatic heterocycles. The summed E-state index contributed by atoms with van der Waals surface area (Å²) in [5, 5.41) is 6.19. The maximum Gasteiger partial charge on any atom is 0.239 e. The fraction of sp³-hybridized carbons (Fsp3) is 0.133. The van der Waals surface area contributed by atoms with Crippen molar-refractivity contribution < 1.29 is 9.18 Å². The van der Waals surface area contributed by atoms with Crippen LogP contribution in [-0.2, 0) is 11.3 Å². The summed E-state index contributed by atoms with van der Waals surface area (Å²) in [6, 6.07) is 13.4. The van der Waals surface area contributed by atoms with Crippen molar-refractivity contribution in [1.29, 1.82) is 0 Å². The van der Waals surface area contributed by atoms with Gasteiger partial charge in [-0.2, -0.15) is 0 Å². The molecule has 2 aromatic carbocycles. The summed E-state index contributed by atoms with van der Waals surface area (Å²) < 4.78 is 13.4. The van der Waals surface area contributed by atoms with Gasteiger partial charge in [-0.25, -0.2) is 4.39 Å². The highest BCUT2D eigenvalue weighted by molar-refractivity contribution is 6.30. The normalized spacial score (nSPS) is 10.1. The van der Waals surface area contributed by atoms with Crippen LogP contribution in [-0.4, -0.2) is 12.5 Å². The first-order valence-corrected chi connectivity index (χ1v) is 6.52. The Hall–Kier alpha value is -2.07. The van der Waals surface area contributed by atoms with Crippen molar-refractivity contribution in [1.82, 2.24) is 5.32 Å².